The van der Waals surface area contributed by atoms with Crippen LogP contribution in [0.1, 0.15) is 11.6 Å². The second-order valence-corrected chi connectivity index (χ2v) is 4.27. The standard InChI is InChI=1S/C14H15N3O/c1-5-15-6-2-12(1)14-11-18-10-9-17(14)13-3-7-16-8-4-13/h1-8,14H,9-11H2. The maximum Gasteiger partial charge on any atom is 0.0778 e. The van der Waals surface area contributed by atoms with Gasteiger partial charge in [-0.2, -0.15) is 0 Å². The molecule has 2 aromatic heterocycles. The van der Waals surface area contributed by atoms with Gasteiger partial charge >= 0.3 is 0 Å². The van der Waals surface area contributed by atoms with E-state index < -0.39 is 0 Å². The summed E-state index contributed by atoms with van der Waals surface area (Å²) in [5, 5.41) is 0. The molecular weight excluding hydrogens is 226 g/mol. The molecule has 4 heteroatoms. The predicted octanol–water partition coefficient (Wildman–Crippen LogP) is 2.05. The van der Waals surface area contributed by atoms with Crippen LogP contribution in [0.4, 0.5) is 5.69 Å². The third-order valence-corrected chi connectivity index (χ3v) is 3.21. The van der Waals surface area contributed by atoms with E-state index in [2.05, 4.69) is 14.9 Å². The van der Waals surface area contributed by atoms with Crippen LogP contribution in [-0.2, 0) is 4.74 Å². The average molecular weight is 241 g/mol. The fourth-order valence-electron chi connectivity index (χ4n) is 2.31. The van der Waals surface area contributed by atoms with E-state index in [9.17, 15) is 0 Å². The number of ether oxygens (including phenoxy) is 1. The fraction of sp³-hybridized carbons (Fsp3) is 0.286. The van der Waals surface area contributed by atoms with Gasteiger partial charge in [-0.1, -0.05) is 0 Å². The average Bonchev–Trinajstić information content (AvgIpc) is 2.49. The molecule has 0 spiro atoms. The number of rotatable bonds is 2. The Morgan fingerprint density at radius 2 is 1.67 bits per heavy atom. The van der Waals surface area contributed by atoms with Crippen molar-refractivity contribution in [2.75, 3.05) is 24.7 Å². The summed E-state index contributed by atoms with van der Waals surface area (Å²) in [5.74, 6) is 0. The minimum absolute atomic E-state index is 0.254. The zero-order valence-electron chi connectivity index (χ0n) is 10.1. The number of pyridine rings is 2. The summed E-state index contributed by atoms with van der Waals surface area (Å²) >= 11 is 0. The SMILES string of the molecule is c1cc(C2COCCN2c2ccncc2)ccn1. The van der Waals surface area contributed by atoms with Gasteiger partial charge in [-0.05, 0) is 29.8 Å². The van der Waals surface area contributed by atoms with E-state index in [1.54, 1.807) is 0 Å². The summed E-state index contributed by atoms with van der Waals surface area (Å²) in [6.07, 6.45) is 7.31. The van der Waals surface area contributed by atoms with Crippen LogP contribution in [0.3, 0.4) is 0 Å². The minimum atomic E-state index is 0.254. The quantitative estimate of drug-likeness (QED) is 0.806. The third kappa shape index (κ3) is 2.19. The van der Waals surface area contributed by atoms with Crippen molar-refractivity contribution in [2.24, 2.45) is 0 Å². The Bertz CT molecular complexity index is 441. The van der Waals surface area contributed by atoms with Crippen molar-refractivity contribution in [1.82, 2.24) is 9.97 Å². The number of hydrogen-bond donors (Lipinski definition) is 0. The summed E-state index contributed by atoms with van der Waals surface area (Å²) in [5.41, 5.74) is 2.43. The highest BCUT2D eigenvalue weighted by atomic mass is 16.5. The molecule has 18 heavy (non-hydrogen) atoms. The van der Waals surface area contributed by atoms with E-state index in [-0.39, 0.29) is 6.04 Å². The lowest BCUT2D eigenvalue weighted by atomic mass is 10.1. The highest BCUT2D eigenvalue weighted by Crippen LogP contribution is 2.28. The monoisotopic (exact) mass is 241 g/mol. The van der Waals surface area contributed by atoms with Gasteiger partial charge in [-0.3, -0.25) is 9.97 Å². The van der Waals surface area contributed by atoms with Gasteiger partial charge in [0.2, 0.25) is 0 Å². The molecular formula is C14H15N3O. The second-order valence-electron chi connectivity index (χ2n) is 4.27. The van der Waals surface area contributed by atoms with Gasteiger partial charge < -0.3 is 9.64 Å². The van der Waals surface area contributed by atoms with E-state index in [1.165, 1.54) is 11.3 Å². The molecule has 0 radical (unpaired) electrons. The Hall–Kier alpha value is -1.94. The molecule has 2 aromatic rings. The van der Waals surface area contributed by atoms with Gasteiger partial charge in [-0.15, -0.1) is 0 Å². The summed E-state index contributed by atoms with van der Waals surface area (Å²) in [6.45, 7) is 2.38. The van der Waals surface area contributed by atoms with Crippen molar-refractivity contribution in [2.45, 2.75) is 6.04 Å². The summed E-state index contributed by atoms with van der Waals surface area (Å²) in [6, 6.07) is 8.43. The Balaban J connectivity index is 1.92. The van der Waals surface area contributed by atoms with E-state index in [0.717, 1.165) is 13.2 Å². The lowest BCUT2D eigenvalue weighted by Crippen LogP contribution is -2.39. The predicted molar refractivity (Wildman–Crippen MR) is 69.4 cm³/mol. The third-order valence-electron chi connectivity index (χ3n) is 3.21. The molecule has 0 saturated carbocycles. The maximum absolute atomic E-state index is 5.61. The van der Waals surface area contributed by atoms with Gasteiger partial charge in [0.1, 0.15) is 0 Å². The Kier molecular flexibility index (Phi) is 3.19. The number of aromatic nitrogens is 2. The van der Waals surface area contributed by atoms with Gasteiger partial charge in [0.25, 0.3) is 0 Å². The molecule has 0 aromatic carbocycles. The Morgan fingerprint density at radius 1 is 1.00 bits per heavy atom. The zero-order chi connectivity index (χ0) is 12.2. The minimum Gasteiger partial charge on any atom is -0.377 e. The number of morpholine rings is 1. The zero-order valence-corrected chi connectivity index (χ0v) is 10.1. The van der Waals surface area contributed by atoms with Crippen molar-refractivity contribution in [3.8, 4) is 0 Å². The van der Waals surface area contributed by atoms with E-state index >= 15 is 0 Å². The molecule has 0 amide bonds. The molecule has 1 fully saturated rings. The molecule has 92 valence electrons. The maximum atomic E-state index is 5.61. The van der Waals surface area contributed by atoms with Gasteiger partial charge in [-0.25, -0.2) is 0 Å². The van der Waals surface area contributed by atoms with Crippen LogP contribution in [0.25, 0.3) is 0 Å². The van der Waals surface area contributed by atoms with Gasteiger partial charge in [0, 0.05) is 37.0 Å². The van der Waals surface area contributed by atoms with Crippen molar-refractivity contribution in [1.29, 1.82) is 0 Å². The highest BCUT2D eigenvalue weighted by molar-refractivity contribution is 5.48. The second kappa shape index (κ2) is 5.14. The van der Waals surface area contributed by atoms with Crippen LogP contribution in [0, 0.1) is 0 Å². The molecule has 0 aliphatic carbocycles. The van der Waals surface area contributed by atoms with Crippen LogP contribution in [0.2, 0.25) is 0 Å². The number of hydrogen-bond acceptors (Lipinski definition) is 4. The first-order chi connectivity index (χ1) is 8.95. The summed E-state index contributed by atoms with van der Waals surface area (Å²) in [7, 11) is 0. The van der Waals surface area contributed by atoms with Crippen LogP contribution in [-0.4, -0.2) is 29.7 Å². The van der Waals surface area contributed by atoms with Crippen LogP contribution < -0.4 is 4.90 Å². The van der Waals surface area contributed by atoms with Gasteiger partial charge in [0.15, 0.2) is 0 Å². The van der Waals surface area contributed by atoms with Crippen molar-refractivity contribution < 1.29 is 4.74 Å². The smallest absolute Gasteiger partial charge is 0.0778 e. The molecule has 1 atom stereocenters. The Labute approximate surface area is 106 Å². The summed E-state index contributed by atoms with van der Waals surface area (Å²) in [4.78, 5) is 10.5. The Morgan fingerprint density at radius 3 is 2.39 bits per heavy atom. The fourth-order valence-corrected chi connectivity index (χ4v) is 2.31. The molecule has 0 N–H and O–H groups in total. The first-order valence-electron chi connectivity index (χ1n) is 6.09. The van der Waals surface area contributed by atoms with Crippen molar-refractivity contribution >= 4 is 5.69 Å². The van der Waals surface area contributed by atoms with Crippen molar-refractivity contribution in [3.63, 3.8) is 0 Å². The topological polar surface area (TPSA) is 38.2 Å². The number of anilines is 1. The molecule has 0 bridgehead atoms. The molecule has 1 unspecified atom stereocenters. The molecule has 3 heterocycles. The summed E-state index contributed by atoms with van der Waals surface area (Å²) < 4.78 is 5.61. The van der Waals surface area contributed by atoms with E-state index in [4.69, 9.17) is 4.74 Å². The van der Waals surface area contributed by atoms with Crippen LogP contribution in [0.15, 0.2) is 49.1 Å². The van der Waals surface area contributed by atoms with Crippen LogP contribution >= 0.6 is 0 Å². The van der Waals surface area contributed by atoms with Gasteiger partial charge in [0.05, 0.1) is 19.3 Å². The van der Waals surface area contributed by atoms with Crippen molar-refractivity contribution in [3.05, 3.63) is 54.6 Å². The lowest BCUT2D eigenvalue weighted by molar-refractivity contribution is 0.0941. The molecule has 4 nitrogen and oxygen atoms in total. The molecule has 1 aliphatic rings. The first-order valence-corrected chi connectivity index (χ1v) is 6.09. The highest BCUT2D eigenvalue weighted by Gasteiger charge is 2.24. The largest absolute Gasteiger partial charge is 0.377 e. The van der Waals surface area contributed by atoms with E-state index in [0.29, 0.717) is 6.61 Å². The normalized spacial score (nSPS) is 19.8. The molecule has 3 rings (SSSR count). The molecule has 1 aliphatic heterocycles. The van der Waals surface area contributed by atoms with E-state index in [1.807, 2.05) is 49.1 Å². The molecule has 1 saturated heterocycles. The first kappa shape index (κ1) is 11.2. The van der Waals surface area contributed by atoms with Crippen LogP contribution in [0.5, 0.6) is 0 Å². The number of nitrogens with zero attached hydrogens (tertiary/aromatic N) is 3. The lowest BCUT2D eigenvalue weighted by Gasteiger charge is -2.37.